The Kier molecular flexibility index (Phi) is 6.70. The van der Waals surface area contributed by atoms with Gasteiger partial charge in [-0.1, -0.05) is 13.8 Å². The van der Waals surface area contributed by atoms with E-state index in [0.29, 0.717) is 0 Å². The molecule has 0 aliphatic rings. The normalized spacial score (nSPS) is 12.7. The molecule has 0 aliphatic carbocycles. The first-order valence-electron chi connectivity index (χ1n) is 5.21. The molecule has 0 spiro atoms. The molecule has 88 valence electrons. The Morgan fingerprint density at radius 2 is 1.73 bits per heavy atom. The van der Waals surface area contributed by atoms with Gasteiger partial charge in [-0.05, 0) is 19.3 Å². The zero-order valence-electron chi connectivity index (χ0n) is 9.19. The highest BCUT2D eigenvalue weighted by Gasteiger charge is 2.20. The minimum absolute atomic E-state index is 0.121. The van der Waals surface area contributed by atoms with Crippen LogP contribution in [0.5, 0.6) is 0 Å². The van der Waals surface area contributed by atoms with E-state index in [-0.39, 0.29) is 18.9 Å². The van der Waals surface area contributed by atoms with Crippen LogP contribution in [0.4, 0.5) is 0 Å². The fourth-order valence-electron chi connectivity index (χ4n) is 1.35. The van der Waals surface area contributed by atoms with Crippen molar-refractivity contribution in [3.8, 4) is 0 Å². The lowest BCUT2D eigenvalue weighted by molar-refractivity contribution is -0.141. The summed E-state index contributed by atoms with van der Waals surface area (Å²) in [5.41, 5.74) is 0. The van der Waals surface area contributed by atoms with E-state index in [9.17, 15) is 9.59 Å². The number of carboxylic acid groups (broad SMARTS) is 2. The molecule has 5 heteroatoms. The van der Waals surface area contributed by atoms with Crippen molar-refractivity contribution in [2.45, 2.75) is 51.6 Å². The first-order chi connectivity index (χ1) is 7.01. The fourth-order valence-corrected chi connectivity index (χ4v) is 1.35. The molecule has 0 bridgehead atoms. The van der Waals surface area contributed by atoms with Gasteiger partial charge in [0.15, 0.2) is 0 Å². The zero-order valence-corrected chi connectivity index (χ0v) is 9.19. The van der Waals surface area contributed by atoms with Crippen LogP contribution in [0.15, 0.2) is 0 Å². The Labute approximate surface area is 89.5 Å². The summed E-state index contributed by atoms with van der Waals surface area (Å²) in [5, 5.41) is 20.3. The summed E-state index contributed by atoms with van der Waals surface area (Å²) in [6, 6.07) is -0.620. The second-order valence-corrected chi connectivity index (χ2v) is 3.50. The molecule has 0 fully saturated rings. The van der Waals surface area contributed by atoms with Crippen LogP contribution in [0.2, 0.25) is 0 Å². The van der Waals surface area contributed by atoms with Crippen LogP contribution in [0.1, 0.15) is 39.5 Å². The number of carboxylic acids is 2. The Hall–Kier alpha value is -1.10. The van der Waals surface area contributed by atoms with Gasteiger partial charge >= 0.3 is 11.9 Å². The molecule has 5 nitrogen and oxygen atoms in total. The summed E-state index contributed by atoms with van der Waals surface area (Å²) in [5.74, 6) is -1.95. The minimum Gasteiger partial charge on any atom is -0.481 e. The van der Waals surface area contributed by atoms with E-state index in [4.69, 9.17) is 10.2 Å². The maximum Gasteiger partial charge on any atom is 0.320 e. The van der Waals surface area contributed by atoms with E-state index in [1.54, 1.807) is 0 Å². The average molecular weight is 217 g/mol. The third-order valence-corrected chi connectivity index (χ3v) is 2.37. The van der Waals surface area contributed by atoms with E-state index in [2.05, 4.69) is 5.32 Å². The van der Waals surface area contributed by atoms with Crippen LogP contribution in [0.3, 0.4) is 0 Å². The van der Waals surface area contributed by atoms with Crippen molar-refractivity contribution >= 4 is 11.9 Å². The summed E-state index contributed by atoms with van der Waals surface area (Å²) in [6.07, 6.45) is 1.69. The molecule has 0 amide bonds. The Balaban J connectivity index is 4.14. The van der Waals surface area contributed by atoms with Gasteiger partial charge in [-0.25, -0.2) is 0 Å². The molecule has 1 atom stereocenters. The van der Waals surface area contributed by atoms with Gasteiger partial charge in [-0.15, -0.1) is 0 Å². The molecule has 0 aromatic heterocycles. The molecule has 0 heterocycles. The van der Waals surface area contributed by atoms with Crippen LogP contribution in [0, 0.1) is 0 Å². The molecular weight excluding hydrogens is 198 g/mol. The Morgan fingerprint density at radius 1 is 1.20 bits per heavy atom. The van der Waals surface area contributed by atoms with Crippen LogP contribution < -0.4 is 5.32 Å². The van der Waals surface area contributed by atoms with Crippen molar-refractivity contribution in [3.63, 3.8) is 0 Å². The number of nitrogens with one attached hydrogen (secondary N) is 1. The SMILES string of the molecule is CCC(CC)NC(CCC(=O)O)C(=O)O. The van der Waals surface area contributed by atoms with E-state index in [1.807, 2.05) is 13.8 Å². The third-order valence-electron chi connectivity index (χ3n) is 2.37. The molecule has 0 aromatic rings. The maximum atomic E-state index is 10.8. The second kappa shape index (κ2) is 7.23. The van der Waals surface area contributed by atoms with Gasteiger partial charge in [0.1, 0.15) is 6.04 Å². The van der Waals surface area contributed by atoms with Crippen molar-refractivity contribution < 1.29 is 19.8 Å². The molecule has 0 saturated carbocycles. The monoisotopic (exact) mass is 217 g/mol. The summed E-state index contributed by atoms with van der Waals surface area (Å²) in [4.78, 5) is 21.2. The van der Waals surface area contributed by atoms with E-state index < -0.39 is 18.0 Å². The number of hydrogen-bond acceptors (Lipinski definition) is 3. The molecule has 1 unspecified atom stereocenters. The highest BCUT2D eigenvalue weighted by Crippen LogP contribution is 2.04. The van der Waals surface area contributed by atoms with Crippen LogP contribution in [0.25, 0.3) is 0 Å². The van der Waals surface area contributed by atoms with Crippen molar-refractivity contribution in [1.29, 1.82) is 0 Å². The smallest absolute Gasteiger partial charge is 0.320 e. The van der Waals surface area contributed by atoms with Crippen LogP contribution in [-0.2, 0) is 9.59 Å². The summed E-state index contributed by atoms with van der Waals surface area (Å²) in [7, 11) is 0. The largest absolute Gasteiger partial charge is 0.481 e. The molecule has 15 heavy (non-hydrogen) atoms. The van der Waals surface area contributed by atoms with Gasteiger partial charge in [0, 0.05) is 12.5 Å². The number of hydrogen-bond donors (Lipinski definition) is 3. The highest BCUT2D eigenvalue weighted by atomic mass is 16.4. The van der Waals surface area contributed by atoms with E-state index in [0.717, 1.165) is 12.8 Å². The molecular formula is C10H19NO4. The molecule has 0 radical (unpaired) electrons. The molecule has 3 N–H and O–H groups in total. The Bertz CT molecular complexity index is 213. The van der Waals surface area contributed by atoms with Crippen molar-refractivity contribution in [1.82, 2.24) is 5.32 Å². The van der Waals surface area contributed by atoms with E-state index >= 15 is 0 Å². The fraction of sp³-hybridized carbons (Fsp3) is 0.800. The van der Waals surface area contributed by atoms with Crippen molar-refractivity contribution in [3.05, 3.63) is 0 Å². The predicted molar refractivity (Wildman–Crippen MR) is 55.8 cm³/mol. The molecule has 0 rings (SSSR count). The van der Waals surface area contributed by atoms with Crippen LogP contribution in [-0.4, -0.2) is 34.2 Å². The number of aliphatic carboxylic acids is 2. The summed E-state index contributed by atoms with van der Waals surface area (Å²) < 4.78 is 0. The molecule has 0 aromatic carbocycles. The topological polar surface area (TPSA) is 86.6 Å². The van der Waals surface area contributed by atoms with Crippen molar-refractivity contribution in [2.24, 2.45) is 0 Å². The van der Waals surface area contributed by atoms with Crippen molar-refractivity contribution in [2.75, 3.05) is 0 Å². The lowest BCUT2D eigenvalue weighted by Gasteiger charge is -2.20. The van der Waals surface area contributed by atoms with Gasteiger partial charge < -0.3 is 15.5 Å². The number of carbonyl (C=O) groups is 2. The van der Waals surface area contributed by atoms with Crippen LogP contribution >= 0.6 is 0 Å². The maximum absolute atomic E-state index is 10.8. The predicted octanol–water partition coefficient (Wildman–Crippen LogP) is 1.08. The number of rotatable bonds is 8. The third kappa shape index (κ3) is 6.06. The first-order valence-corrected chi connectivity index (χ1v) is 5.21. The molecule has 0 saturated heterocycles. The van der Waals surface area contributed by atoms with Gasteiger partial charge in [0.05, 0.1) is 0 Å². The quantitative estimate of drug-likeness (QED) is 0.566. The van der Waals surface area contributed by atoms with Gasteiger partial charge in [-0.2, -0.15) is 0 Å². The lowest BCUT2D eigenvalue weighted by Crippen LogP contribution is -2.43. The van der Waals surface area contributed by atoms with Gasteiger partial charge in [0.25, 0.3) is 0 Å². The average Bonchev–Trinajstić information content (AvgIpc) is 2.17. The molecule has 0 aliphatic heterocycles. The minimum atomic E-state index is -0.983. The van der Waals surface area contributed by atoms with E-state index in [1.165, 1.54) is 0 Å². The lowest BCUT2D eigenvalue weighted by atomic mass is 10.1. The Morgan fingerprint density at radius 3 is 2.07 bits per heavy atom. The zero-order chi connectivity index (χ0) is 11.8. The second-order valence-electron chi connectivity index (χ2n) is 3.50. The summed E-state index contributed by atoms with van der Waals surface area (Å²) >= 11 is 0. The van der Waals surface area contributed by atoms with Gasteiger partial charge in [0.2, 0.25) is 0 Å². The summed E-state index contributed by atoms with van der Waals surface area (Å²) in [6.45, 7) is 3.94. The van der Waals surface area contributed by atoms with Gasteiger partial charge in [-0.3, -0.25) is 9.59 Å². The first kappa shape index (κ1) is 13.9. The highest BCUT2D eigenvalue weighted by molar-refractivity contribution is 5.75. The standard InChI is InChI=1S/C10H19NO4/c1-3-7(4-2)11-8(10(14)15)5-6-9(12)13/h7-8,11H,3-6H2,1-2H3,(H,12,13)(H,14,15).